The lowest BCUT2D eigenvalue weighted by Crippen LogP contribution is -2.45. The number of rotatable bonds is 4. The van der Waals surface area contributed by atoms with Gasteiger partial charge in [-0.3, -0.25) is 9.20 Å². The Hall–Kier alpha value is -4.11. The second kappa shape index (κ2) is 8.59. The second-order valence-electron chi connectivity index (χ2n) is 8.68. The molecule has 176 valence electrons. The van der Waals surface area contributed by atoms with Gasteiger partial charge < -0.3 is 20.9 Å². The van der Waals surface area contributed by atoms with Gasteiger partial charge in [0.25, 0.3) is 5.91 Å². The highest BCUT2D eigenvalue weighted by Gasteiger charge is 2.27. The van der Waals surface area contributed by atoms with Gasteiger partial charge in [0, 0.05) is 54.2 Å². The summed E-state index contributed by atoms with van der Waals surface area (Å²) in [7, 11) is 0. The van der Waals surface area contributed by atoms with Gasteiger partial charge in [0.05, 0.1) is 11.9 Å². The van der Waals surface area contributed by atoms with E-state index in [-0.39, 0.29) is 11.9 Å². The number of nitrogen functional groups attached to an aromatic ring is 1. The molecule has 4 aromatic heterocycles. The predicted octanol–water partition coefficient (Wildman–Crippen LogP) is 4.22. The summed E-state index contributed by atoms with van der Waals surface area (Å²) in [5.41, 5.74) is 9.86. The zero-order chi connectivity index (χ0) is 23.9. The fourth-order valence-electron chi connectivity index (χ4n) is 4.66. The molecule has 0 unspecified atom stereocenters. The van der Waals surface area contributed by atoms with E-state index in [9.17, 15) is 4.79 Å². The smallest absolute Gasteiger partial charge is 0.272 e. The normalized spacial score (nSPS) is 16.1. The van der Waals surface area contributed by atoms with Crippen LogP contribution in [0.15, 0.2) is 61.2 Å². The highest BCUT2D eigenvalue weighted by atomic mass is 35.5. The number of pyridine rings is 1. The highest BCUT2D eigenvalue weighted by molar-refractivity contribution is 6.32. The van der Waals surface area contributed by atoms with Gasteiger partial charge in [-0.1, -0.05) is 29.8 Å². The maximum absolute atomic E-state index is 13.0. The molecule has 1 aromatic carbocycles. The summed E-state index contributed by atoms with van der Waals surface area (Å²) in [6, 6.07) is 11.4. The lowest BCUT2D eigenvalue weighted by molar-refractivity contribution is 0.0709. The van der Waals surface area contributed by atoms with Crippen LogP contribution in [0.2, 0.25) is 5.15 Å². The van der Waals surface area contributed by atoms with E-state index in [0.717, 1.165) is 29.3 Å². The Labute approximate surface area is 206 Å². The van der Waals surface area contributed by atoms with E-state index >= 15 is 0 Å². The van der Waals surface area contributed by atoms with Crippen LogP contribution >= 0.6 is 11.6 Å². The molecule has 5 heterocycles. The molecule has 6 rings (SSSR count). The first-order chi connectivity index (χ1) is 17.1. The van der Waals surface area contributed by atoms with E-state index in [1.165, 1.54) is 6.20 Å². The molecular formula is C25H23ClN8O. The van der Waals surface area contributed by atoms with Crippen molar-refractivity contribution in [1.82, 2.24) is 29.2 Å². The van der Waals surface area contributed by atoms with Gasteiger partial charge in [-0.15, -0.1) is 0 Å². The van der Waals surface area contributed by atoms with Crippen LogP contribution in [0.25, 0.3) is 27.8 Å². The number of aromatic nitrogens is 5. The van der Waals surface area contributed by atoms with E-state index in [4.69, 9.17) is 22.3 Å². The molecule has 1 atom stereocenters. The number of nitrogens with two attached hydrogens (primary N) is 1. The van der Waals surface area contributed by atoms with Crippen LogP contribution in [-0.4, -0.2) is 54.3 Å². The molecule has 1 aliphatic heterocycles. The molecule has 0 saturated carbocycles. The number of hydrogen-bond donors (Lipinski definition) is 3. The molecule has 0 spiro atoms. The summed E-state index contributed by atoms with van der Waals surface area (Å²) in [4.78, 5) is 31.7. The van der Waals surface area contributed by atoms with Crippen molar-refractivity contribution in [3.05, 3.63) is 72.0 Å². The molecule has 1 fully saturated rings. The number of piperidine rings is 1. The molecule has 0 radical (unpaired) electrons. The van der Waals surface area contributed by atoms with Crippen LogP contribution in [0.4, 0.5) is 11.5 Å². The van der Waals surface area contributed by atoms with Crippen molar-refractivity contribution in [2.75, 3.05) is 24.1 Å². The summed E-state index contributed by atoms with van der Waals surface area (Å²) >= 11 is 6.78. The van der Waals surface area contributed by atoms with E-state index in [1.807, 2.05) is 46.0 Å². The lowest BCUT2D eigenvalue weighted by Gasteiger charge is -2.33. The van der Waals surface area contributed by atoms with E-state index < -0.39 is 0 Å². The number of carbonyl (C=O) groups excluding carboxylic acids is 1. The first-order valence-corrected chi connectivity index (χ1v) is 11.8. The number of benzene rings is 1. The van der Waals surface area contributed by atoms with Crippen molar-refractivity contribution < 1.29 is 4.79 Å². The first-order valence-electron chi connectivity index (χ1n) is 11.4. The Bertz CT molecular complexity index is 1540. The summed E-state index contributed by atoms with van der Waals surface area (Å²) in [6.07, 6.45) is 8.73. The third-order valence-electron chi connectivity index (χ3n) is 6.38. The number of fused-ring (bicyclic) bond motifs is 2. The third-order valence-corrected chi connectivity index (χ3v) is 6.74. The van der Waals surface area contributed by atoms with Gasteiger partial charge in [0.2, 0.25) is 0 Å². The third kappa shape index (κ3) is 3.83. The second-order valence-corrected chi connectivity index (χ2v) is 9.04. The zero-order valence-electron chi connectivity index (χ0n) is 18.8. The topological polar surface area (TPSA) is 117 Å². The molecule has 1 saturated heterocycles. The maximum Gasteiger partial charge on any atom is 0.272 e. The quantitative estimate of drug-likeness (QED) is 0.350. The number of amides is 1. The molecule has 4 N–H and O–H groups in total. The Morgan fingerprint density at radius 1 is 1.20 bits per heavy atom. The van der Waals surface area contributed by atoms with E-state index in [1.54, 1.807) is 18.3 Å². The molecule has 35 heavy (non-hydrogen) atoms. The number of nitrogens with one attached hydrogen (secondary N) is 2. The van der Waals surface area contributed by atoms with Crippen molar-refractivity contribution in [1.29, 1.82) is 0 Å². The van der Waals surface area contributed by atoms with Crippen molar-refractivity contribution in [3.8, 4) is 11.3 Å². The van der Waals surface area contributed by atoms with Gasteiger partial charge in [-0.2, -0.15) is 0 Å². The number of nitrogens with zero attached hydrogens (tertiary/aromatic N) is 5. The molecule has 1 aliphatic rings. The molecular weight excluding hydrogens is 464 g/mol. The molecule has 0 aliphatic carbocycles. The van der Waals surface area contributed by atoms with Crippen molar-refractivity contribution in [3.63, 3.8) is 0 Å². The SMILES string of the molecule is Nc1ccc(C(=O)N2CCC[C@H](Nc3nc(-c4c[nH]c5ccccc45)c(Cl)n4ccnc34)C2)nc1. The van der Waals surface area contributed by atoms with Crippen molar-refractivity contribution in [2.45, 2.75) is 18.9 Å². The van der Waals surface area contributed by atoms with Gasteiger partial charge in [0.15, 0.2) is 11.5 Å². The molecule has 0 bridgehead atoms. The molecule has 5 aromatic rings. The molecule has 1 amide bonds. The highest BCUT2D eigenvalue weighted by Crippen LogP contribution is 2.34. The zero-order valence-corrected chi connectivity index (χ0v) is 19.5. The standard InChI is InChI=1S/C25H23ClN8O/c26-22-21(18-13-30-19-6-2-1-5-17(18)19)32-23(24-28-9-11-34(22)24)31-16-4-3-10-33(14-16)25(35)20-8-7-15(27)12-29-20/h1-2,5-9,11-13,16,30H,3-4,10,14,27H2,(H,31,32)/t16-/m0/s1. The van der Waals surface area contributed by atoms with E-state index in [0.29, 0.717) is 46.8 Å². The number of likely N-dealkylation sites (tertiary alicyclic amines) is 1. The largest absolute Gasteiger partial charge is 0.397 e. The summed E-state index contributed by atoms with van der Waals surface area (Å²) in [5.74, 6) is 0.524. The number of halogens is 1. The van der Waals surface area contributed by atoms with Gasteiger partial charge in [-0.25, -0.2) is 15.0 Å². The van der Waals surface area contributed by atoms with Crippen LogP contribution in [-0.2, 0) is 0 Å². The van der Waals surface area contributed by atoms with Crippen LogP contribution < -0.4 is 11.1 Å². The van der Waals surface area contributed by atoms with E-state index in [2.05, 4.69) is 20.3 Å². The Morgan fingerprint density at radius 3 is 2.94 bits per heavy atom. The average molecular weight is 487 g/mol. The average Bonchev–Trinajstić information content (AvgIpc) is 3.54. The van der Waals surface area contributed by atoms with Crippen LogP contribution in [0.1, 0.15) is 23.3 Å². The summed E-state index contributed by atoms with van der Waals surface area (Å²) < 4.78 is 1.83. The number of imidazole rings is 1. The number of para-hydroxylation sites is 1. The van der Waals surface area contributed by atoms with Gasteiger partial charge >= 0.3 is 0 Å². The Kier molecular flexibility index (Phi) is 5.26. The van der Waals surface area contributed by atoms with Crippen LogP contribution in [0.3, 0.4) is 0 Å². The predicted molar refractivity (Wildman–Crippen MR) is 136 cm³/mol. The minimum absolute atomic E-state index is 0.00600. The number of anilines is 2. The lowest BCUT2D eigenvalue weighted by atomic mass is 10.1. The van der Waals surface area contributed by atoms with Crippen LogP contribution in [0.5, 0.6) is 0 Å². The summed E-state index contributed by atoms with van der Waals surface area (Å²) in [6.45, 7) is 1.21. The van der Waals surface area contributed by atoms with Crippen molar-refractivity contribution in [2.24, 2.45) is 0 Å². The monoisotopic (exact) mass is 486 g/mol. The van der Waals surface area contributed by atoms with Crippen molar-refractivity contribution >= 4 is 45.6 Å². The minimum Gasteiger partial charge on any atom is -0.397 e. The number of H-pyrrole nitrogens is 1. The Morgan fingerprint density at radius 2 is 2.09 bits per heavy atom. The Balaban J connectivity index is 1.32. The number of aromatic amines is 1. The van der Waals surface area contributed by atoms with Gasteiger partial charge in [0.1, 0.15) is 16.5 Å². The minimum atomic E-state index is -0.106. The van der Waals surface area contributed by atoms with Crippen LogP contribution in [0, 0.1) is 0 Å². The number of hydrogen-bond acceptors (Lipinski definition) is 6. The molecule has 9 nitrogen and oxygen atoms in total. The summed E-state index contributed by atoms with van der Waals surface area (Å²) in [5, 5.41) is 5.06. The van der Waals surface area contributed by atoms with Gasteiger partial charge in [-0.05, 0) is 31.0 Å². The molecule has 10 heteroatoms. The number of carbonyl (C=O) groups is 1. The fraction of sp³-hybridized carbons (Fsp3) is 0.200. The first kappa shape index (κ1) is 21.4. The fourth-order valence-corrected chi connectivity index (χ4v) is 4.94. The maximum atomic E-state index is 13.0.